The Kier molecular flexibility index (Phi) is 6.08. The number of aromatic nitrogens is 1. The number of carbonyl (C=O) groups is 2. The first-order valence-electron chi connectivity index (χ1n) is 9.95. The molecule has 8 nitrogen and oxygen atoms in total. The van der Waals surface area contributed by atoms with Crippen LogP contribution in [0, 0.1) is 10.1 Å². The Labute approximate surface area is 188 Å². The molecule has 1 heterocycles. The summed E-state index contributed by atoms with van der Waals surface area (Å²) in [6.45, 7) is -0.547. The molecule has 4 rings (SSSR count). The van der Waals surface area contributed by atoms with E-state index in [9.17, 15) is 19.7 Å². The van der Waals surface area contributed by atoms with Crippen LogP contribution in [-0.4, -0.2) is 35.4 Å². The van der Waals surface area contributed by atoms with Crippen LogP contribution in [0.2, 0.25) is 0 Å². The minimum atomic E-state index is -0.692. The number of rotatable bonds is 7. The van der Waals surface area contributed by atoms with Gasteiger partial charge >= 0.3 is 5.97 Å². The summed E-state index contributed by atoms with van der Waals surface area (Å²) in [6, 6.07) is 21.3. The van der Waals surface area contributed by atoms with Crippen molar-refractivity contribution in [2.45, 2.75) is 0 Å². The summed E-state index contributed by atoms with van der Waals surface area (Å²) in [6.07, 6.45) is 0. The van der Waals surface area contributed by atoms with Crippen LogP contribution in [-0.2, 0) is 4.74 Å². The predicted molar refractivity (Wildman–Crippen MR) is 121 cm³/mol. The van der Waals surface area contributed by atoms with Crippen LogP contribution in [0.1, 0.15) is 20.7 Å². The molecule has 0 aliphatic heterocycles. The highest BCUT2D eigenvalue weighted by Crippen LogP contribution is 2.27. The van der Waals surface area contributed by atoms with Gasteiger partial charge in [-0.15, -0.1) is 0 Å². The summed E-state index contributed by atoms with van der Waals surface area (Å²) in [5.74, 6) is -0.540. The number of Topliss-reactive ketones (excluding diaryl/α,β-unsaturated/α-hetero) is 1. The third-order valence-electron chi connectivity index (χ3n) is 5.04. The van der Waals surface area contributed by atoms with E-state index >= 15 is 0 Å². The zero-order chi connectivity index (χ0) is 23.4. The van der Waals surface area contributed by atoms with E-state index in [1.807, 2.05) is 18.2 Å². The monoisotopic (exact) mass is 442 g/mol. The van der Waals surface area contributed by atoms with Gasteiger partial charge in [-0.05, 0) is 36.4 Å². The van der Waals surface area contributed by atoms with E-state index in [1.54, 1.807) is 43.5 Å². The van der Waals surface area contributed by atoms with Gasteiger partial charge in [0.25, 0.3) is 5.69 Å². The van der Waals surface area contributed by atoms with E-state index in [0.717, 1.165) is 11.6 Å². The number of benzene rings is 3. The van der Waals surface area contributed by atoms with Gasteiger partial charge in [0.15, 0.2) is 6.61 Å². The summed E-state index contributed by atoms with van der Waals surface area (Å²) < 4.78 is 10.5. The highest BCUT2D eigenvalue weighted by Gasteiger charge is 2.18. The lowest BCUT2D eigenvalue weighted by atomic mass is 10.0. The maximum atomic E-state index is 12.9. The van der Waals surface area contributed by atoms with Crippen LogP contribution < -0.4 is 4.74 Å². The molecular weight excluding hydrogens is 424 g/mol. The van der Waals surface area contributed by atoms with Crippen molar-refractivity contribution in [3.05, 3.63) is 100 Å². The zero-order valence-corrected chi connectivity index (χ0v) is 17.6. The van der Waals surface area contributed by atoms with Crippen molar-refractivity contribution in [2.75, 3.05) is 13.7 Å². The number of non-ortho nitro benzene ring substituents is 1. The maximum Gasteiger partial charge on any atom is 0.339 e. The van der Waals surface area contributed by atoms with Gasteiger partial charge < -0.3 is 9.47 Å². The van der Waals surface area contributed by atoms with Crippen molar-refractivity contribution >= 4 is 28.3 Å². The van der Waals surface area contributed by atoms with Crippen molar-refractivity contribution < 1.29 is 24.0 Å². The number of para-hydroxylation sites is 1. The fraction of sp³-hybridized carbons (Fsp3) is 0.0800. The van der Waals surface area contributed by atoms with Gasteiger partial charge in [0.1, 0.15) is 5.75 Å². The maximum absolute atomic E-state index is 12.9. The number of hydrogen-bond acceptors (Lipinski definition) is 7. The van der Waals surface area contributed by atoms with Gasteiger partial charge in [-0.3, -0.25) is 14.9 Å². The van der Waals surface area contributed by atoms with Gasteiger partial charge in [-0.2, -0.15) is 0 Å². The van der Waals surface area contributed by atoms with Crippen LogP contribution in [0.5, 0.6) is 5.75 Å². The molecule has 0 unspecified atom stereocenters. The number of ether oxygens (including phenoxy) is 2. The van der Waals surface area contributed by atoms with Crippen molar-refractivity contribution in [1.29, 1.82) is 0 Å². The predicted octanol–water partition coefficient (Wildman–Crippen LogP) is 4.86. The Morgan fingerprint density at radius 1 is 0.970 bits per heavy atom. The van der Waals surface area contributed by atoms with Gasteiger partial charge in [0.2, 0.25) is 5.78 Å². The molecular formula is C25H18N2O6. The molecule has 8 heteroatoms. The molecule has 0 N–H and O–H groups in total. The van der Waals surface area contributed by atoms with Crippen molar-refractivity contribution in [1.82, 2.24) is 4.98 Å². The fourth-order valence-corrected chi connectivity index (χ4v) is 3.34. The number of nitro benzene ring substituents is 1. The molecule has 0 atom stereocenters. The lowest BCUT2D eigenvalue weighted by Crippen LogP contribution is -2.15. The van der Waals surface area contributed by atoms with Gasteiger partial charge in [-0.25, -0.2) is 9.78 Å². The molecule has 164 valence electrons. The number of nitro groups is 1. The third kappa shape index (κ3) is 4.69. The van der Waals surface area contributed by atoms with Gasteiger partial charge in [0.05, 0.1) is 28.8 Å². The lowest BCUT2D eigenvalue weighted by molar-refractivity contribution is -0.384. The Bertz CT molecular complexity index is 1370. The summed E-state index contributed by atoms with van der Waals surface area (Å²) in [5.41, 5.74) is 2.09. The lowest BCUT2D eigenvalue weighted by Gasteiger charge is -2.10. The molecule has 0 aliphatic carbocycles. The van der Waals surface area contributed by atoms with Crippen LogP contribution in [0.25, 0.3) is 22.2 Å². The first kappa shape index (κ1) is 21.6. The quantitative estimate of drug-likeness (QED) is 0.174. The molecule has 0 radical (unpaired) electrons. The molecule has 0 spiro atoms. The van der Waals surface area contributed by atoms with Crippen molar-refractivity contribution in [3.63, 3.8) is 0 Å². The normalized spacial score (nSPS) is 10.6. The average molecular weight is 442 g/mol. The average Bonchev–Trinajstić information content (AvgIpc) is 2.86. The topological polar surface area (TPSA) is 109 Å². The first-order valence-corrected chi connectivity index (χ1v) is 9.95. The molecule has 0 aliphatic rings. The second kappa shape index (κ2) is 9.27. The number of esters is 1. The Morgan fingerprint density at radius 3 is 2.45 bits per heavy atom. The molecule has 4 aromatic rings. The van der Waals surface area contributed by atoms with Crippen LogP contribution >= 0.6 is 0 Å². The minimum Gasteiger partial charge on any atom is -0.497 e. The van der Waals surface area contributed by atoms with E-state index in [-0.39, 0.29) is 16.8 Å². The number of ketones is 1. The zero-order valence-electron chi connectivity index (χ0n) is 17.6. The second-order valence-corrected chi connectivity index (χ2v) is 7.11. The SMILES string of the molecule is COc1ccc(-c2cc(C(=O)OCC(=O)c3cccc([N+](=O)[O-])c3)c3ccccc3n2)cc1. The first-order chi connectivity index (χ1) is 16.0. The third-order valence-corrected chi connectivity index (χ3v) is 5.04. The summed E-state index contributed by atoms with van der Waals surface area (Å²) >= 11 is 0. The molecule has 0 bridgehead atoms. The van der Waals surface area contributed by atoms with E-state index in [1.165, 1.54) is 18.2 Å². The largest absolute Gasteiger partial charge is 0.497 e. The summed E-state index contributed by atoms with van der Waals surface area (Å²) in [7, 11) is 1.58. The molecule has 0 fully saturated rings. The Balaban J connectivity index is 1.61. The van der Waals surface area contributed by atoms with Crippen molar-refractivity contribution in [3.8, 4) is 17.0 Å². The number of pyridine rings is 1. The van der Waals surface area contributed by atoms with Gasteiger partial charge in [-0.1, -0.05) is 30.3 Å². The van der Waals surface area contributed by atoms with Crippen LogP contribution in [0.15, 0.2) is 78.9 Å². The number of fused-ring (bicyclic) bond motifs is 1. The number of hydrogen-bond donors (Lipinski definition) is 0. The molecule has 33 heavy (non-hydrogen) atoms. The Morgan fingerprint density at radius 2 is 1.73 bits per heavy atom. The van der Waals surface area contributed by atoms with Crippen LogP contribution in [0.4, 0.5) is 5.69 Å². The number of nitrogens with zero attached hydrogens (tertiary/aromatic N) is 2. The molecule has 0 amide bonds. The molecule has 0 saturated heterocycles. The van der Waals surface area contributed by atoms with Crippen molar-refractivity contribution in [2.24, 2.45) is 0 Å². The molecule has 1 aromatic heterocycles. The fourth-order valence-electron chi connectivity index (χ4n) is 3.34. The van der Waals surface area contributed by atoms with E-state index in [4.69, 9.17) is 9.47 Å². The standard InChI is InChI=1S/C25H18N2O6/c1-32-19-11-9-16(10-12-19)23-14-21(20-7-2-3-8-22(20)26-23)25(29)33-15-24(28)17-5-4-6-18(13-17)27(30)31/h2-14H,15H2,1H3. The Hall–Kier alpha value is -4.59. The van der Waals surface area contributed by atoms with E-state index in [0.29, 0.717) is 22.3 Å². The number of methoxy groups -OCH3 is 1. The van der Waals surface area contributed by atoms with Gasteiger partial charge in [0, 0.05) is 28.6 Å². The highest BCUT2D eigenvalue weighted by molar-refractivity contribution is 6.06. The smallest absolute Gasteiger partial charge is 0.339 e. The summed E-state index contributed by atoms with van der Waals surface area (Å²) in [4.78, 5) is 40.3. The van der Waals surface area contributed by atoms with E-state index < -0.39 is 23.3 Å². The minimum absolute atomic E-state index is 0.0931. The summed E-state index contributed by atoms with van der Waals surface area (Å²) in [5, 5.41) is 11.5. The second-order valence-electron chi connectivity index (χ2n) is 7.11. The van der Waals surface area contributed by atoms with Crippen LogP contribution in [0.3, 0.4) is 0 Å². The highest BCUT2D eigenvalue weighted by atomic mass is 16.6. The molecule has 0 saturated carbocycles. The number of carbonyl (C=O) groups excluding carboxylic acids is 2. The van der Waals surface area contributed by atoms with E-state index in [2.05, 4.69) is 4.98 Å². The molecule has 3 aromatic carbocycles.